The molecular formula is C10H23NOS. The van der Waals surface area contributed by atoms with Crippen LogP contribution in [0.1, 0.15) is 26.7 Å². The predicted octanol–water partition coefficient (Wildman–Crippen LogP) is 2.14. The zero-order valence-electron chi connectivity index (χ0n) is 9.14. The van der Waals surface area contributed by atoms with E-state index in [4.69, 9.17) is 4.74 Å². The average Bonchev–Trinajstić information content (AvgIpc) is 2.13. The Morgan fingerprint density at radius 1 is 1.38 bits per heavy atom. The second-order valence-electron chi connectivity index (χ2n) is 3.05. The molecule has 80 valence electrons. The molecule has 0 rings (SSSR count). The molecule has 3 heteroatoms. The summed E-state index contributed by atoms with van der Waals surface area (Å²) in [5, 5.41) is 3.43. The largest absolute Gasteiger partial charge is 0.383 e. The Hall–Kier alpha value is 0.270. The molecule has 0 aliphatic heterocycles. The number of nitrogens with one attached hydrogen (secondary N) is 1. The van der Waals surface area contributed by atoms with Crippen LogP contribution in [0, 0.1) is 0 Å². The van der Waals surface area contributed by atoms with Gasteiger partial charge >= 0.3 is 0 Å². The van der Waals surface area contributed by atoms with Crippen LogP contribution in [-0.2, 0) is 4.74 Å². The standard InChI is InChI=1S/C10H23NOS/c1-4-11-10(9-12-3)7-6-8-13-5-2/h10-11H,4-9H2,1-3H3. The first-order valence-corrected chi connectivity index (χ1v) is 6.30. The summed E-state index contributed by atoms with van der Waals surface area (Å²) in [6, 6.07) is 0.549. The van der Waals surface area contributed by atoms with Gasteiger partial charge in [0.15, 0.2) is 0 Å². The van der Waals surface area contributed by atoms with Crippen LogP contribution >= 0.6 is 11.8 Å². The highest BCUT2D eigenvalue weighted by atomic mass is 32.2. The molecular weight excluding hydrogens is 182 g/mol. The number of thioether (sulfide) groups is 1. The highest BCUT2D eigenvalue weighted by Gasteiger charge is 2.05. The Kier molecular flexibility index (Phi) is 10.6. The Balaban J connectivity index is 3.33. The quantitative estimate of drug-likeness (QED) is 0.583. The van der Waals surface area contributed by atoms with E-state index < -0.39 is 0 Å². The molecule has 0 spiro atoms. The van der Waals surface area contributed by atoms with Crippen LogP contribution in [0.15, 0.2) is 0 Å². The molecule has 1 unspecified atom stereocenters. The number of rotatable bonds is 9. The van der Waals surface area contributed by atoms with Gasteiger partial charge < -0.3 is 10.1 Å². The lowest BCUT2D eigenvalue weighted by atomic mass is 10.2. The van der Waals surface area contributed by atoms with Crippen molar-refractivity contribution >= 4 is 11.8 Å². The Bertz CT molecular complexity index is 94.9. The lowest BCUT2D eigenvalue weighted by Gasteiger charge is -2.16. The maximum atomic E-state index is 5.14. The summed E-state index contributed by atoms with van der Waals surface area (Å²) in [7, 11) is 1.77. The number of hydrogen-bond donors (Lipinski definition) is 1. The first-order chi connectivity index (χ1) is 6.35. The van der Waals surface area contributed by atoms with Crippen LogP contribution < -0.4 is 5.32 Å². The van der Waals surface area contributed by atoms with Crippen molar-refractivity contribution in [2.75, 3.05) is 31.8 Å². The van der Waals surface area contributed by atoms with Crippen molar-refractivity contribution in [1.82, 2.24) is 5.32 Å². The summed E-state index contributed by atoms with van der Waals surface area (Å²) < 4.78 is 5.14. The molecule has 2 nitrogen and oxygen atoms in total. The molecule has 0 saturated carbocycles. The molecule has 0 saturated heterocycles. The normalized spacial score (nSPS) is 13.2. The van der Waals surface area contributed by atoms with Gasteiger partial charge in [-0.3, -0.25) is 0 Å². The second kappa shape index (κ2) is 10.4. The molecule has 13 heavy (non-hydrogen) atoms. The number of ether oxygens (including phenoxy) is 1. The third kappa shape index (κ3) is 8.60. The zero-order chi connectivity index (χ0) is 9.94. The molecule has 0 aromatic rings. The zero-order valence-corrected chi connectivity index (χ0v) is 9.95. The summed E-state index contributed by atoms with van der Waals surface area (Å²) in [5.41, 5.74) is 0. The summed E-state index contributed by atoms with van der Waals surface area (Å²) in [6.07, 6.45) is 2.52. The fraction of sp³-hybridized carbons (Fsp3) is 1.00. The van der Waals surface area contributed by atoms with Crippen LogP contribution in [0.2, 0.25) is 0 Å². The van der Waals surface area contributed by atoms with Gasteiger partial charge in [0, 0.05) is 13.2 Å². The van der Waals surface area contributed by atoms with E-state index in [1.54, 1.807) is 7.11 Å². The van der Waals surface area contributed by atoms with Crippen LogP contribution in [0.25, 0.3) is 0 Å². The lowest BCUT2D eigenvalue weighted by molar-refractivity contribution is 0.163. The van der Waals surface area contributed by atoms with E-state index in [1.807, 2.05) is 11.8 Å². The third-order valence-corrected chi connectivity index (χ3v) is 2.89. The van der Waals surface area contributed by atoms with E-state index in [-0.39, 0.29) is 0 Å². The third-order valence-electron chi connectivity index (χ3n) is 1.91. The molecule has 1 atom stereocenters. The minimum absolute atomic E-state index is 0.549. The molecule has 0 bridgehead atoms. The van der Waals surface area contributed by atoms with E-state index in [9.17, 15) is 0 Å². The average molecular weight is 205 g/mol. The topological polar surface area (TPSA) is 21.3 Å². The van der Waals surface area contributed by atoms with Crippen LogP contribution in [0.4, 0.5) is 0 Å². The van der Waals surface area contributed by atoms with Crippen molar-refractivity contribution in [2.24, 2.45) is 0 Å². The van der Waals surface area contributed by atoms with Crippen molar-refractivity contribution in [3.63, 3.8) is 0 Å². The van der Waals surface area contributed by atoms with Gasteiger partial charge in [-0.2, -0.15) is 11.8 Å². The highest BCUT2D eigenvalue weighted by molar-refractivity contribution is 7.99. The van der Waals surface area contributed by atoms with Crippen molar-refractivity contribution in [3.8, 4) is 0 Å². The number of methoxy groups -OCH3 is 1. The lowest BCUT2D eigenvalue weighted by Crippen LogP contribution is -2.33. The summed E-state index contributed by atoms with van der Waals surface area (Å²) in [4.78, 5) is 0. The minimum atomic E-state index is 0.549. The van der Waals surface area contributed by atoms with Crippen molar-refractivity contribution < 1.29 is 4.74 Å². The van der Waals surface area contributed by atoms with Gasteiger partial charge in [0.1, 0.15) is 0 Å². The minimum Gasteiger partial charge on any atom is -0.383 e. The molecule has 1 N–H and O–H groups in total. The monoisotopic (exact) mass is 205 g/mol. The van der Waals surface area contributed by atoms with Crippen molar-refractivity contribution in [2.45, 2.75) is 32.7 Å². The van der Waals surface area contributed by atoms with Gasteiger partial charge in [-0.05, 0) is 30.9 Å². The van der Waals surface area contributed by atoms with Gasteiger partial charge in [0.2, 0.25) is 0 Å². The van der Waals surface area contributed by atoms with Crippen molar-refractivity contribution in [3.05, 3.63) is 0 Å². The summed E-state index contributed by atoms with van der Waals surface area (Å²) in [6.45, 7) is 6.23. The Labute approximate surface area is 86.8 Å². The van der Waals surface area contributed by atoms with Gasteiger partial charge in [0.05, 0.1) is 6.61 Å². The van der Waals surface area contributed by atoms with E-state index in [0.717, 1.165) is 13.2 Å². The van der Waals surface area contributed by atoms with E-state index >= 15 is 0 Å². The molecule has 0 amide bonds. The SMILES string of the molecule is CCNC(CCCSCC)COC. The Morgan fingerprint density at radius 2 is 2.15 bits per heavy atom. The maximum absolute atomic E-state index is 5.14. The molecule has 0 radical (unpaired) electrons. The smallest absolute Gasteiger partial charge is 0.0615 e. The Morgan fingerprint density at radius 3 is 2.69 bits per heavy atom. The first kappa shape index (κ1) is 13.3. The summed E-state index contributed by atoms with van der Waals surface area (Å²) in [5.74, 6) is 2.51. The van der Waals surface area contributed by atoms with Gasteiger partial charge in [0.25, 0.3) is 0 Å². The predicted molar refractivity (Wildman–Crippen MR) is 61.6 cm³/mol. The summed E-state index contributed by atoms with van der Waals surface area (Å²) >= 11 is 2.02. The van der Waals surface area contributed by atoms with Gasteiger partial charge in [-0.1, -0.05) is 13.8 Å². The van der Waals surface area contributed by atoms with Crippen LogP contribution in [-0.4, -0.2) is 37.8 Å². The molecule has 0 aromatic heterocycles. The molecule has 0 aliphatic carbocycles. The molecule has 0 aromatic carbocycles. The maximum Gasteiger partial charge on any atom is 0.0615 e. The van der Waals surface area contributed by atoms with E-state index in [2.05, 4.69) is 19.2 Å². The number of likely N-dealkylation sites (N-methyl/N-ethyl adjacent to an activating group) is 1. The van der Waals surface area contributed by atoms with Crippen LogP contribution in [0.5, 0.6) is 0 Å². The second-order valence-corrected chi connectivity index (χ2v) is 4.44. The van der Waals surface area contributed by atoms with E-state index in [0.29, 0.717) is 6.04 Å². The molecule has 0 aliphatic rings. The van der Waals surface area contributed by atoms with Gasteiger partial charge in [-0.15, -0.1) is 0 Å². The highest BCUT2D eigenvalue weighted by Crippen LogP contribution is 2.06. The fourth-order valence-corrected chi connectivity index (χ4v) is 1.97. The van der Waals surface area contributed by atoms with E-state index in [1.165, 1.54) is 24.3 Å². The fourth-order valence-electron chi connectivity index (χ4n) is 1.31. The van der Waals surface area contributed by atoms with Crippen molar-refractivity contribution in [1.29, 1.82) is 0 Å². The van der Waals surface area contributed by atoms with Crippen LogP contribution in [0.3, 0.4) is 0 Å². The number of hydrogen-bond acceptors (Lipinski definition) is 3. The molecule has 0 fully saturated rings. The van der Waals surface area contributed by atoms with Gasteiger partial charge in [-0.25, -0.2) is 0 Å². The first-order valence-electron chi connectivity index (χ1n) is 5.15. The molecule has 0 heterocycles.